The van der Waals surface area contributed by atoms with Crippen LogP contribution in [0.4, 0.5) is 0 Å². The minimum Gasteiger partial charge on any atom is -0.484 e. The normalized spacial score (nSPS) is 15.1. The molecule has 24 heavy (non-hydrogen) atoms. The summed E-state index contributed by atoms with van der Waals surface area (Å²) in [6, 6.07) is 7.36. The van der Waals surface area contributed by atoms with E-state index in [0.717, 1.165) is 31.5 Å². The predicted molar refractivity (Wildman–Crippen MR) is 89.7 cm³/mol. The fourth-order valence-corrected chi connectivity index (χ4v) is 2.76. The highest BCUT2D eigenvalue weighted by atomic mass is 16.5. The summed E-state index contributed by atoms with van der Waals surface area (Å²) >= 11 is 0. The van der Waals surface area contributed by atoms with Gasteiger partial charge < -0.3 is 14.1 Å². The second-order valence-corrected chi connectivity index (χ2v) is 5.96. The van der Waals surface area contributed by atoms with Gasteiger partial charge in [-0.3, -0.25) is 4.79 Å². The van der Waals surface area contributed by atoms with Crippen molar-refractivity contribution in [3.05, 3.63) is 30.2 Å². The largest absolute Gasteiger partial charge is 0.484 e. The van der Waals surface area contributed by atoms with E-state index in [2.05, 4.69) is 10.2 Å². The second kappa shape index (κ2) is 7.95. The van der Waals surface area contributed by atoms with Crippen molar-refractivity contribution >= 4 is 5.91 Å². The minimum atomic E-state index is 0.0606. The topological polar surface area (TPSA) is 68.5 Å². The molecular formula is C18H23N3O3. The molecular weight excluding hydrogens is 306 g/mol. The Hall–Kier alpha value is -2.37. The number of rotatable bonds is 5. The molecule has 0 unspecified atom stereocenters. The first-order valence-corrected chi connectivity index (χ1v) is 8.59. The average molecular weight is 329 g/mol. The van der Waals surface area contributed by atoms with Crippen molar-refractivity contribution in [2.45, 2.75) is 39.0 Å². The molecule has 6 nitrogen and oxygen atoms in total. The van der Waals surface area contributed by atoms with Crippen LogP contribution in [0.25, 0.3) is 11.5 Å². The lowest BCUT2D eigenvalue weighted by Crippen LogP contribution is -2.35. The van der Waals surface area contributed by atoms with Gasteiger partial charge in [0.15, 0.2) is 6.61 Å². The van der Waals surface area contributed by atoms with Crippen LogP contribution in [0.2, 0.25) is 0 Å². The zero-order valence-electron chi connectivity index (χ0n) is 14.0. The molecule has 1 amide bonds. The van der Waals surface area contributed by atoms with Gasteiger partial charge in [-0.15, -0.1) is 10.2 Å². The summed E-state index contributed by atoms with van der Waals surface area (Å²) in [5, 5.41) is 7.97. The summed E-state index contributed by atoms with van der Waals surface area (Å²) in [4.78, 5) is 14.1. The molecule has 2 heterocycles. The molecule has 2 aromatic rings. The SMILES string of the molecule is CCc1nnc(-c2ccc(OCC(=O)N3CCCCCC3)cc2)o1. The van der Waals surface area contributed by atoms with Crippen molar-refractivity contribution in [2.75, 3.05) is 19.7 Å². The first kappa shape index (κ1) is 16.5. The first-order chi connectivity index (χ1) is 11.8. The van der Waals surface area contributed by atoms with E-state index >= 15 is 0 Å². The van der Waals surface area contributed by atoms with Gasteiger partial charge in [-0.05, 0) is 37.1 Å². The fraction of sp³-hybridized carbons (Fsp3) is 0.500. The highest BCUT2D eigenvalue weighted by Crippen LogP contribution is 2.21. The Bertz CT molecular complexity index is 658. The second-order valence-electron chi connectivity index (χ2n) is 5.96. The average Bonchev–Trinajstić information content (AvgIpc) is 2.94. The van der Waals surface area contributed by atoms with E-state index in [0.29, 0.717) is 24.0 Å². The van der Waals surface area contributed by atoms with E-state index in [1.807, 2.05) is 36.1 Å². The third kappa shape index (κ3) is 4.13. The van der Waals surface area contributed by atoms with Crippen molar-refractivity contribution in [3.8, 4) is 17.2 Å². The standard InChI is InChI=1S/C18H23N3O3/c1-2-16-19-20-18(24-16)14-7-9-15(10-8-14)23-13-17(22)21-11-5-3-4-6-12-21/h7-10H,2-6,11-13H2,1H3. The van der Waals surface area contributed by atoms with Gasteiger partial charge in [0.25, 0.3) is 5.91 Å². The fourth-order valence-electron chi connectivity index (χ4n) is 2.76. The van der Waals surface area contributed by atoms with Gasteiger partial charge in [-0.1, -0.05) is 19.8 Å². The van der Waals surface area contributed by atoms with Crippen molar-refractivity contribution in [1.29, 1.82) is 0 Å². The first-order valence-electron chi connectivity index (χ1n) is 8.59. The van der Waals surface area contributed by atoms with Crippen LogP contribution >= 0.6 is 0 Å². The van der Waals surface area contributed by atoms with E-state index < -0.39 is 0 Å². The Morgan fingerprint density at radius 2 is 1.83 bits per heavy atom. The summed E-state index contributed by atoms with van der Waals surface area (Å²) in [6.45, 7) is 3.74. The Labute approximate surface area is 141 Å². The molecule has 1 fully saturated rings. The number of amides is 1. The Kier molecular flexibility index (Phi) is 5.46. The number of ether oxygens (including phenoxy) is 1. The Balaban J connectivity index is 1.55. The maximum absolute atomic E-state index is 12.2. The predicted octanol–water partition coefficient (Wildman–Crippen LogP) is 3.08. The smallest absolute Gasteiger partial charge is 0.260 e. The summed E-state index contributed by atoms with van der Waals surface area (Å²) in [5.74, 6) is 1.84. The molecule has 0 bridgehead atoms. The van der Waals surface area contributed by atoms with Gasteiger partial charge in [0, 0.05) is 25.1 Å². The molecule has 0 atom stereocenters. The van der Waals surface area contributed by atoms with E-state index in [-0.39, 0.29) is 12.5 Å². The van der Waals surface area contributed by atoms with Gasteiger partial charge >= 0.3 is 0 Å². The van der Waals surface area contributed by atoms with E-state index in [9.17, 15) is 4.79 Å². The summed E-state index contributed by atoms with van der Waals surface area (Å²) < 4.78 is 11.1. The molecule has 3 rings (SSSR count). The molecule has 1 aliphatic rings. The monoisotopic (exact) mass is 329 g/mol. The van der Waals surface area contributed by atoms with E-state index in [4.69, 9.17) is 9.15 Å². The van der Waals surface area contributed by atoms with Gasteiger partial charge in [-0.25, -0.2) is 0 Å². The molecule has 0 saturated carbocycles. The number of carbonyl (C=O) groups is 1. The quantitative estimate of drug-likeness (QED) is 0.843. The maximum atomic E-state index is 12.2. The van der Waals surface area contributed by atoms with Crippen LogP contribution in [0.3, 0.4) is 0 Å². The van der Waals surface area contributed by atoms with Crippen LogP contribution in [-0.4, -0.2) is 40.7 Å². The molecule has 6 heteroatoms. The summed E-state index contributed by atoms with van der Waals surface area (Å²) in [5.41, 5.74) is 0.841. The number of nitrogens with zero attached hydrogens (tertiary/aromatic N) is 3. The van der Waals surface area contributed by atoms with Crippen molar-refractivity contribution < 1.29 is 13.9 Å². The molecule has 1 aliphatic heterocycles. The highest BCUT2D eigenvalue weighted by Gasteiger charge is 2.16. The van der Waals surface area contributed by atoms with Gasteiger partial charge in [0.1, 0.15) is 5.75 Å². The zero-order chi connectivity index (χ0) is 16.8. The van der Waals surface area contributed by atoms with Crippen molar-refractivity contribution in [3.63, 3.8) is 0 Å². The molecule has 1 saturated heterocycles. The Morgan fingerprint density at radius 1 is 1.12 bits per heavy atom. The molecule has 128 valence electrons. The van der Waals surface area contributed by atoms with Gasteiger partial charge in [0.2, 0.25) is 11.8 Å². The number of carbonyl (C=O) groups excluding carboxylic acids is 1. The van der Waals surface area contributed by atoms with Crippen molar-refractivity contribution in [1.82, 2.24) is 15.1 Å². The van der Waals surface area contributed by atoms with E-state index in [1.54, 1.807) is 0 Å². The van der Waals surface area contributed by atoms with E-state index in [1.165, 1.54) is 12.8 Å². The van der Waals surface area contributed by atoms with Crippen LogP contribution in [0.5, 0.6) is 5.75 Å². The third-order valence-corrected chi connectivity index (χ3v) is 4.19. The van der Waals surface area contributed by atoms with Gasteiger partial charge in [0.05, 0.1) is 0 Å². The molecule has 1 aromatic carbocycles. The summed E-state index contributed by atoms with van der Waals surface area (Å²) in [7, 11) is 0. The highest BCUT2D eigenvalue weighted by molar-refractivity contribution is 5.77. The number of hydrogen-bond acceptors (Lipinski definition) is 5. The molecule has 0 aliphatic carbocycles. The molecule has 1 aromatic heterocycles. The van der Waals surface area contributed by atoms with Crippen LogP contribution < -0.4 is 4.74 Å². The lowest BCUT2D eigenvalue weighted by Gasteiger charge is -2.20. The number of likely N-dealkylation sites (tertiary alicyclic amines) is 1. The zero-order valence-corrected chi connectivity index (χ0v) is 14.0. The molecule has 0 radical (unpaired) electrons. The number of aromatic nitrogens is 2. The number of benzene rings is 1. The van der Waals surface area contributed by atoms with Crippen molar-refractivity contribution in [2.24, 2.45) is 0 Å². The van der Waals surface area contributed by atoms with Crippen LogP contribution in [0.1, 0.15) is 38.5 Å². The summed E-state index contributed by atoms with van der Waals surface area (Å²) in [6.07, 6.45) is 5.31. The van der Waals surface area contributed by atoms with Gasteiger partial charge in [-0.2, -0.15) is 0 Å². The number of aryl methyl sites for hydroxylation is 1. The molecule has 0 N–H and O–H groups in total. The molecule has 0 spiro atoms. The van der Waals surface area contributed by atoms with Crippen LogP contribution in [0.15, 0.2) is 28.7 Å². The number of hydrogen-bond donors (Lipinski definition) is 0. The lowest BCUT2D eigenvalue weighted by atomic mass is 10.2. The Morgan fingerprint density at radius 3 is 2.46 bits per heavy atom. The van der Waals surface area contributed by atoms with Crippen LogP contribution in [-0.2, 0) is 11.2 Å². The lowest BCUT2D eigenvalue weighted by molar-refractivity contribution is -0.133. The maximum Gasteiger partial charge on any atom is 0.260 e. The van der Waals surface area contributed by atoms with Crippen LogP contribution in [0, 0.1) is 0 Å². The third-order valence-electron chi connectivity index (χ3n) is 4.19. The minimum absolute atomic E-state index is 0.0606.